The molecule has 5 nitrogen and oxygen atoms in total. The molecule has 4 fully saturated rings. The van der Waals surface area contributed by atoms with Crippen LogP contribution in [0.3, 0.4) is 0 Å². The first-order valence-electron chi connectivity index (χ1n) is 10.8. The van der Waals surface area contributed by atoms with Crippen molar-refractivity contribution in [2.24, 2.45) is 23.7 Å². The van der Waals surface area contributed by atoms with E-state index in [1.165, 1.54) is 32.1 Å². The van der Waals surface area contributed by atoms with Gasteiger partial charge in [0.2, 0.25) is 11.8 Å². The van der Waals surface area contributed by atoms with Crippen LogP contribution in [-0.2, 0) is 9.59 Å². The second kappa shape index (κ2) is 7.86. The highest BCUT2D eigenvalue weighted by molar-refractivity contribution is 5.96. The number of amides is 2. The molecule has 0 aliphatic heterocycles. The van der Waals surface area contributed by atoms with Crippen LogP contribution >= 0.6 is 0 Å². The number of hydrogen-bond donors (Lipinski definition) is 3. The van der Waals surface area contributed by atoms with E-state index in [1.54, 1.807) is 0 Å². The van der Waals surface area contributed by atoms with Crippen LogP contribution < -0.4 is 16.0 Å². The summed E-state index contributed by atoms with van der Waals surface area (Å²) in [5.74, 6) is 3.05. The SMILES string of the molecule is Cc1cccc(C)c1NC(=O)CNC(=O)[C@H](C)NC1C2CC3CC(C2)CC1C3. The average Bonchev–Trinajstić information content (AvgIpc) is 2.65. The Morgan fingerprint density at radius 1 is 1.00 bits per heavy atom. The van der Waals surface area contributed by atoms with Crippen molar-refractivity contribution in [3.8, 4) is 0 Å². The van der Waals surface area contributed by atoms with Gasteiger partial charge in [0.25, 0.3) is 0 Å². The van der Waals surface area contributed by atoms with Crippen LogP contribution in [0, 0.1) is 37.5 Å². The maximum absolute atomic E-state index is 12.5. The first kappa shape index (κ1) is 19.4. The first-order valence-corrected chi connectivity index (χ1v) is 10.8. The lowest BCUT2D eigenvalue weighted by Gasteiger charge is -2.55. The van der Waals surface area contributed by atoms with Crippen LogP contribution in [0.4, 0.5) is 5.69 Å². The summed E-state index contributed by atoms with van der Waals surface area (Å²) in [5, 5.41) is 9.33. The van der Waals surface area contributed by atoms with E-state index < -0.39 is 0 Å². The van der Waals surface area contributed by atoms with Crippen LogP contribution in [0.2, 0.25) is 0 Å². The maximum Gasteiger partial charge on any atom is 0.243 e. The summed E-state index contributed by atoms with van der Waals surface area (Å²) < 4.78 is 0. The fraction of sp³-hybridized carbons (Fsp3) is 0.652. The summed E-state index contributed by atoms with van der Waals surface area (Å²) in [7, 11) is 0. The molecule has 0 radical (unpaired) electrons. The van der Waals surface area contributed by atoms with Crippen molar-refractivity contribution in [3.63, 3.8) is 0 Å². The monoisotopic (exact) mass is 383 g/mol. The highest BCUT2D eigenvalue weighted by Crippen LogP contribution is 2.53. The molecular formula is C23H33N3O2. The van der Waals surface area contributed by atoms with Crippen molar-refractivity contribution in [2.45, 2.75) is 65.0 Å². The summed E-state index contributed by atoms with van der Waals surface area (Å²) >= 11 is 0. The van der Waals surface area contributed by atoms with Crippen LogP contribution in [-0.4, -0.2) is 30.4 Å². The number of hydrogen-bond acceptors (Lipinski definition) is 3. The predicted octanol–water partition coefficient (Wildman–Crippen LogP) is 3.16. The summed E-state index contributed by atoms with van der Waals surface area (Å²) in [6.45, 7) is 5.86. The van der Waals surface area contributed by atoms with Gasteiger partial charge in [-0.1, -0.05) is 18.2 Å². The number of benzene rings is 1. The minimum absolute atomic E-state index is 0.000297. The molecule has 3 N–H and O–H groups in total. The van der Waals surface area contributed by atoms with Crippen molar-refractivity contribution >= 4 is 17.5 Å². The van der Waals surface area contributed by atoms with Gasteiger partial charge in [0.05, 0.1) is 12.6 Å². The molecule has 4 bridgehead atoms. The molecular weight excluding hydrogens is 350 g/mol. The van der Waals surface area contributed by atoms with Crippen LogP contribution in [0.1, 0.15) is 50.2 Å². The van der Waals surface area contributed by atoms with Crippen molar-refractivity contribution < 1.29 is 9.59 Å². The van der Waals surface area contributed by atoms with E-state index in [9.17, 15) is 9.59 Å². The van der Waals surface area contributed by atoms with Gasteiger partial charge in [-0.25, -0.2) is 0 Å². The fourth-order valence-corrected chi connectivity index (χ4v) is 6.08. The third-order valence-corrected chi connectivity index (χ3v) is 7.23. The molecule has 0 saturated heterocycles. The van der Waals surface area contributed by atoms with Gasteiger partial charge in [-0.15, -0.1) is 0 Å². The van der Waals surface area contributed by atoms with E-state index >= 15 is 0 Å². The molecule has 1 atom stereocenters. The Bertz CT molecular complexity index is 712. The number of carbonyl (C=O) groups excluding carboxylic acids is 2. The minimum atomic E-state index is -0.268. The summed E-state index contributed by atoms with van der Waals surface area (Å²) in [6, 6.07) is 6.11. The fourth-order valence-electron chi connectivity index (χ4n) is 6.08. The predicted molar refractivity (Wildman–Crippen MR) is 111 cm³/mol. The normalized spacial score (nSPS) is 31.5. The standard InChI is InChI=1S/C23H33N3O2/c1-13-5-4-6-14(2)21(13)26-20(27)12-24-23(28)15(3)25-22-18-8-16-7-17(10-18)11-19(22)9-16/h4-6,15-19,22,25H,7-12H2,1-3H3,(H,24,28)(H,26,27)/t15-,16?,17?,18?,19?,22?/m0/s1. The molecule has 1 aromatic carbocycles. The zero-order valence-corrected chi connectivity index (χ0v) is 17.3. The van der Waals surface area contributed by atoms with Gasteiger partial charge in [0.1, 0.15) is 0 Å². The Kier molecular flexibility index (Phi) is 5.46. The molecule has 0 spiro atoms. The summed E-state index contributed by atoms with van der Waals surface area (Å²) in [5.41, 5.74) is 2.88. The van der Waals surface area contributed by atoms with Gasteiger partial charge < -0.3 is 16.0 Å². The number of aryl methyl sites for hydroxylation is 2. The van der Waals surface area contributed by atoms with Crippen molar-refractivity contribution in [2.75, 3.05) is 11.9 Å². The topological polar surface area (TPSA) is 70.2 Å². The molecule has 2 amide bonds. The molecule has 0 aromatic heterocycles. The largest absolute Gasteiger partial charge is 0.346 e. The highest BCUT2D eigenvalue weighted by atomic mass is 16.2. The third-order valence-electron chi connectivity index (χ3n) is 7.23. The zero-order valence-electron chi connectivity index (χ0n) is 17.3. The van der Waals surface area contributed by atoms with Crippen molar-refractivity contribution in [1.29, 1.82) is 0 Å². The van der Waals surface area contributed by atoms with Gasteiger partial charge in [-0.2, -0.15) is 0 Å². The van der Waals surface area contributed by atoms with E-state index in [0.29, 0.717) is 6.04 Å². The van der Waals surface area contributed by atoms with E-state index in [1.807, 2.05) is 39.0 Å². The highest BCUT2D eigenvalue weighted by Gasteiger charge is 2.48. The number of anilines is 1. The smallest absolute Gasteiger partial charge is 0.243 e. The zero-order chi connectivity index (χ0) is 19.8. The van der Waals surface area contributed by atoms with Gasteiger partial charge >= 0.3 is 0 Å². The molecule has 4 aliphatic rings. The molecule has 4 aliphatic carbocycles. The Balaban J connectivity index is 1.26. The summed E-state index contributed by atoms with van der Waals surface area (Å²) in [4.78, 5) is 24.8. The molecule has 28 heavy (non-hydrogen) atoms. The third kappa shape index (κ3) is 3.95. The van der Waals surface area contributed by atoms with E-state index in [-0.39, 0.29) is 24.4 Å². The van der Waals surface area contributed by atoms with Gasteiger partial charge in [0, 0.05) is 11.7 Å². The van der Waals surface area contributed by atoms with Crippen LogP contribution in [0.25, 0.3) is 0 Å². The maximum atomic E-state index is 12.5. The lowest BCUT2D eigenvalue weighted by Crippen LogP contribution is -2.58. The molecule has 0 unspecified atom stereocenters. The molecule has 4 saturated carbocycles. The molecule has 1 aromatic rings. The Labute approximate surface area is 168 Å². The molecule has 5 rings (SSSR count). The minimum Gasteiger partial charge on any atom is -0.346 e. The van der Waals surface area contributed by atoms with E-state index in [4.69, 9.17) is 0 Å². The number of nitrogens with one attached hydrogen (secondary N) is 3. The molecule has 0 heterocycles. The van der Waals surface area contributed by atoms with E-state index in [2.05, 4.69) is 16.0 Å². The van der Waals surface area contributed by atoms with Gasteiger partial charge in [-0.05, 0) is 87.7 Å². The second-order valence-electron chi connectivity index (χ2n) is 9.38. The van der Waals surface area contributed by atoms with E-state index in [0.717, 1.165) is 40.5 Å². The number of rotatable bonds is 6. The lowest BCUT2D eigenvalue weighted by molar-refractivity contribution is -0.126. The van der Waals surface area contributed by atoms with Crippen molar-refractivity contribution in [1.82, 2.24) is 10.6 Å². The molecule has 5 heteroatoms. The van der Waals surface area contributed by atoms with Crippen molar-refractivity contribution in [3.05, 3.63) is 29.3 Å². The first-order chi connectivity index (χ1) is 13.4. The average molecular weight is 384 g/mol. The van der Waals surface area contributed by atoms with Gasteiger partial charge in [-0.3, -0.25) is 9.59 Å². The Morgan fingerprint density at radius 3 is 2.14 bits per heavy atom. The quantitative estimate of drug-likeness (QED) is 0.707. The second-order valence-corrected chi connectivity index (χ2v) is 9.38. The van der Waals surface area contributed by atoms with Crippen LogP contribution in [0.5, 0.6) is 0 Å². The van der Waals surface area contributed by atoms with Gasteiger partial charge in [0.15, 0.2) is 0 Å². The molecule has 152 valence electrons. The van der Waals surface area contributed by atoms with Crippen LogP contribution in [0.15, 0.2) is 18.2 Å². The lowest BCUT2D eigenvalue weighted by atomic mass is 9.54. The number of para-hydroxylation sites is 1. The summed E-state index contributed by atoms with van der Waals surface area (Å²) in [6.07, 6.45) is 6.76. The Morgan fingerprint density at radius 2 is 1.57 bits per heavy atom. The Hall–Kier alpha value is -1.88. The number of carbonyl (C=O) groups is 2.